The van der Waals surface area contributed by atoms with Crippen LogP contribution < -0.4 is 10.6 Å². The lowest BCUT2D eigenvalue weighted by atomic mass is 9.82. The third-order valence-corrected chi connectivity index (χ3v) is 3.75. The van der Waals surface area contributed by atoms with Gasteiger partial charge in [-0.15, -0.1) is 0 Å². The minimum absolute atomic E-state index is 0.192. The van der Waals surface area contributed by atoms with Gasteiger partial charge in [-0.25, -0.2) is 4.79 Å². The summed E-state index contributed by atoms with van der Waals surface area (Å²) in [6.45, 7) is 6.48. The van der Waals surface area contributed by atoms with Crippen LogP contribution in [0.2, 0.25) is 0 Å². The standard InChI is InChI=1S/C14H20N2O2/c1-14(2)5-7-16(8-6-14)10-3-4-12(15)11(9-10)13(17)18/h3-4,9H,5-8,15H2,1-2H3,(H,17,18). The van der Waals surface area contributed by atoms with E-state index in [0.29, 0.717) is 11.1 Å². The maximum Gasteiger partial charge on any atom is 0.337 e. The molecule has 1 aromatic carbocycles. The molecule has 1 aliphatic heterocycles. The number of nitrogen functional groups attached to an aromatic ring is 1. The van der Waals surface area contributed by atoms with Crippen molar-refractivity contribution in [1.82, 2.24) is 0 Å². The van der Waals surface area contributed by atoms with E-state index in [1.807, 2.05) is 6.07 Å². The quantitative estimate of drug-likeness (QED) is 0.789. The molecule has 4 nitrogen and oxygen atoms in total. The average molecular weight is 248 g/mol. The largest absolute Gasteiger partial charge is 0.478 e. The second-order valence-electron chi connectivity index (χ2n) is 5.73. The summed E-state index contributed by atoms with van der Waals surface area (Å²) < 4.78 is 0. The van der Waals surface area contributed by atoms with Crippen molar-refractivity contribution >= 4 is 17.3 Å². The summed E-state index contributed by atoms with van der Waals surface area (Å²) in [4.78, 5) is 13.3. The molecular weight excluding hydrogens is 228 g/mol. The van der Waals surface area contributed by atoms with E-state index >= 15 is 0 Å². The molecule has 0 spiro atoms. The molecule has 98 valence electrons. The fourth-order valence-electron chi connectivity index (χ4n) is 2.30. The van der Waals surface area contributed by atoms with Crippen LogP contribution in [0.15, 0.2) is 18.2 Å². The summed E-state index contributed by atoms with van der Waals surface area (Å²) in [5.74, 6) is -0.966. The normalized spacial score (nSPS) is 18.7. The Bertz CT molecular complexity index is 459. The van der Waals surface area contributed by atoms with Gasteiger partial charge in [-0.05, 0) is 36.5 Å². The number of hydrogen-bond donors (Lipinski definition) is 2. The monoisotopic (exact) mass is 248 g/mol. The van der Waals surface area contributed by atoms with Gasteiger partial charge in [0.15, 0.2) is 0 Å². The Hall–Kier alpha value is -1.71. The Kier molecular flexibility index (Phi) is 3.20. The Balaban J connectivity index is 2.20. The third-order valence-electron chi connectivity index (χ3n) is 3.75. The van der Waals surface area contributed by atoms with Crippen LogP contribution in [0.25, 0.3) is 0 Å². The minimum atomic E-state index is -0.966. The molecule has 1 heterocycles. The number of carboxylic acid groups (broad SMARTS) is 1. The first-order valence-corrected chi connectivity index (χ1v) is 6.27. The van der Waals surface area contributed by atoms with Crippen LogP contribution >= 0.6 is 0 Å². The number of benzene rings is 1. The molecule has 0 bridgehead atoms. The number of carbonyl (C=O) groups is 1. The van der Waals surface area contributed by atoms with E-state index in [4.69, 9.17) is 10.8 Å². The van der Waals surface area contributed by atoms with Gasteiger partial charge < -0.3 is 15.7 Å². The molecule has 1 aliphatic rings. The minimum Gasteiger partial charge on any atom is -0.478 e. The predicted octanol–water partition coefficient (Wildman–Crippen LogP) is 2.59. The van der Waals surface area contributed by atoms with Crippen molar-refractivity contribution in [3.05, 3.63) is 23.8 Å². The van der Waals surface area contributed by atoms with E-state index in [2.05, 4.69) is 18.7 Å². The molecule has 0 radical (unpaired) electrons. The summed E-state index contributed by atoms with van der Waals surface area (Å²) >= 11 is 0. The number of anilines is 2. The zero-order chi connectivity index (χ0) is 13.3. The fourth-order valence-corrected chi connectivity index (χ4v) is 2.30. The maximum absolute atomic E-state index is 11.1. The lowest BCUT2D eigenvalue weighted by molar-refractivity contribution is 0.0698. The van der Waals surface area contributed by atoms with Gasteiger partial charge in [-0.2, -0.15) is 0 Å². The molecule has 2 rings (SSSR count). The Morgan fingerprint density at radius 2 is 1.94 bits per heavy atom. The van der Waals surface area contributed by atoms with Crippen molar-refractivity contribution in [1.29, 1.82) is 0 Å². The number of carboxylic acids is 1. The lowest BCUT2D eigenvalue weighted by Crippen LogP contribution is -2.37. The number of piperidine rings is 1. The Labute approximate surface area is 107 Å². The number of hydrogen-bond acceptors (Lipinski definition) is 3. The predicted molar refractivity (Wildman–Crippen MR) is 73.0 cm³/mol. The molecule has 1 saturated heterocycles. The van der Waals surface area contributed by atoms with Crippen molar-refractivity contribution in [2.24, 2.45) is 5.41 Å². The second-order valence-corrected chi connectivity index (χ2v) is 5.73. The summed E-state index contributed by atoms with van der Waals surface area (Å²) in [5, 5.41) is 9.07. The van der Waals surface area contributed by atoms with E-state index in [9.17, 15) is 4.79 Å². The van der Waals surface area contributed by atoms with Crippen molar-refractivity contribution in [2.45, 2.75) is 26.7 Å². The van der Waals surface area contributed by atoms with Crippen molar-refractivity contribution < 1.29 is 9.90 Å². The van der Waals surface area contributed by atoms with E-state index in [1.165, 1.54) is 0 Å². The fraction of sp³-hybridized carbons (Fsp3) is 0.500. The molecule has 0 unspecified atom stereocenters. The van der Waals surface area contributed by atoms with Gasteiger partial charge in [0.05, 0.1) is 5.56 Å². The third kappa shape index (κ3) is 2.58. The van der Waals surface area contributed by atoms with E-state index < -0.39 is 5.97 Å². The first-order valence-electron chi connectivity index (χ1n) is 6.27. The molecule has 1 fully saturated rings. The van der Waals surface area contributed by atoms with Gasteiger partial charge in [-0.3, -0.25) is 0 Å². The van der Waals surface area contributed by atoms with Crippen LogP contribution in [-0.4, -0.2) is 24.2 Å². The molecule has 0 saturated carbocycles. The maximum atomic E-state index is 11.1. The second kappa shape index (κ2) is 4.52. The van der Waals surface area contributed by atoms with Crippen LogP contribution in [0.5, 0.6) is 0 Å². The average Bonchev–Trinajstić information content (AvgIpc) is 2.30. The zero-order valence-electron chi connectivity index (χ0n) is 10.9. The van der Waals surface area contributed by atoms with Crippen molar-refractivity contribution in [3.8, 4) is 0 Å². The SMILES string of the molecule is CC1(C)CCN(c2ccc(N)c(C(=O)O)c2)CC1. The highest BCUT2D eigenvalue weighted by atomic mass is 16.4. The van der Waals surface area contributed by atoms with Gasteiger partial charge >= 0.3 is 5.97 Å². The number of nitrogens with two attached hydrogens (primary N) is 1. The summed E-state index contributed by atoms with van der Waals surface area (Å²) in [6, 6.07) is 5.26. The Morgan fingerprint density at radius 3 is 2.50 bits per heavy atom. The van der Waals surface area contributed by atoms with Crippen LogP contribution in [0.1, 0.15) is 37.0 Å². The highest BCUT2D eigenvalue weighted by Crippen LogP contribution is 2.32. The van der Waals surface area contributed by atoms with Crippen LogP contribution in [0, 0.1) is 5.41 Å². The van der Waals surface area contributed by atoms with Crippen molar-refractivity contribution in [2.75, 3.05) is 23.7 Å². The van der Waals surface area contributed by atoms with Gasteiger partial charge in [-0.1, -0.05) is 13.8 Å². The zero-order valence-corrected chi connectivity index (χ0v) is 10.9. The molecule has 0 atom stereocenters. The Morgan fingerprint density at radius 1 is 1.33 bits per heavy atom. The summed E-state index contributed by atoms with van der Waals surface area (Å²) in [6.07, 6.45) is 2.25. The highest BCUT2D eigenvalue weighted by Gasteiger charge is 2.25. The number of rotatable bonds is 2. The molecule has 4 heteroatoms. The molecule has 0 amide bonds. The lowest BCUT2D eigenvalue weighted by Gasteiger charge is -2.38. The van der Waals surface area contributed by atoms with Crippen LogP contribution in [0.3, 0.4) is 0 Å². The number of aromatic carboxylic acids is 1. The van der Waals surface area contributed by atoms with E-state index in [-0.39, 0.29) is 5.56 Å². The van der Waals surface area contributed by atoms with Gasteiger partial charge in [0.2, 0.25) is 0 Å². The molecule has 0 aliphatic carbocycles. The number of nitrogens with zero attached hydrogens (tertiary/aromatic N) is 1. The van der Waals surface area contributed by atoms with Crippen LogP contribution in [-0.2, 0) is 0 Å². The molecule has 18 heavy (non-hydrogen) atoms. The first-order chi connectivity index (χ1) is 8.39. The van der Waals surface area contributed by atoms with Crippen molar-refractivity contribution in [3.63, 3.8) is 0 Å². The highest BCUT2D eigenvalue weighted by molar-refractivity contribution is 5.94. The van der Waals surface area contributed by atoms with Crippen LogP contribution in [0.4, 0.5) is 11.4 Å². The molecule has 1 aromatic rings. The molecular formula is C14H20N2O2. The van der Waals surface area contributed by atoms with Gasteiger partial charge in [0.25, 0.3) is 0 Å². The molecule has 0 aromatic heterocycles. The van der Waals surface area contributed by atoms with Gasteiger partial charge in [0.1, 0.15) is 0 Å². The van der Waals surface area contributed by atoms with E-state index in [0.717, 1.165) is 31.6 Å². The summed E-state index contributed by atoms with van der Waals surface area (Å²) in [5.41, 5.74) is 7.52. The topological polar surface area (TPSA) is 66.6 Å². The smallest absolute Gasteiger partial charge is 0.337 e. The van der Waals surface area contributed by atoms with Gasteiger partial charge in [0, 0.05) is 24.5 Å². The summed E-state index contributed by atoms with van der Waals surface area (Å²) in [7, 11) is 0. The molecule has 3 N–H and O–H groups in total. The van der Waals surface area contributed by atoms with E-state index in [1.54, 1.807) is 12.1 Å². The first kappa shape index (κ1) is 12.7.